The number of rotatable bonds is 7. The molecule has 1 N–H and O–H groups in total. The van der Waals surface area contributed by atoms with Crippen LogP contribution in [0.5, 0.6) is 5.75 Å². The fraction of sp³-hybridized carbons (Fsp3) is 0.500. The van der Waals surface area contributed by atoms with Crippen molar-refractivity contribution < 1.29 is 19.1 Å². The molecule has 2 aromatic rings. The lowest BCUT2D eigenvalue weighted by atomic mass is 9.49. The summed E-state index contributed by atoms with van der Waals surface area (Å²) in [6, 6.07) is 10.6. The first-order chi connectivity index (χ1) is 16.4. The fourth-order valence-electron chi connectivity index (χ4n) is 7.02. The third-order valence-corrected chi connectivity index (χ3v) is 8.36. The zero-order chi connectivity index (χ0) is 23.9. The largest absolute Gasteiger partial charge is 0.497 e. The van der Waals surface area contributed by atoms with Gasteiger partial charge in [0.25, 0.3) is 5.91 Å². The van der Waals surface area contributed by atoms with Crippen LogP contribution in [0.2, 0.25) is 5.02 Å². The van der Waals surface area contributed by atoms with Crippen LogP contribution >= 0.6 is 11.6 Å². The van der Waals surface area contributed by atoms with Gasteiger partial charge in [0.1, 0.15) is 5.75 Å². The molecule has 0 aliphatic heterocycles. The van der Waals surface area contributed by atoms with E-state index in [9.17, 15) is 9.59 Å². The first kappa shape index (κ1) is 23.2. The molecule has 0 aromatic heterocycles. The Morgan fingerprint density at radius 1 is 1.00 bits per heavy atom. The molecule has 4 fully saturated rings. The number of hydrogen-bond acceptors (Lipinski definition) is 4. The maximum Gasteiger partial charge on any atom is 0.338 e. The monoisotopic (exact) mass is 481 g/mol. The van der Waals surface area contributed by atoms with Crippen LogP contribution in [0.25, 0.3) is 11.1 Å². The summed E-state index contributed by atoms with van der Waals surface area (Å²) in [5, 5.41) is 3.62. The van der Waals surface area contributed by atoms with Gasteiger partial charge in [-0.3, -0.25) is 4.79 Å². The molecule has 0 saturated heterocycles. The zero-order valence-electron chi connectivity index (χ0n) is 19.9. The standard InChI is InChI=1S/C28H32ClNO4/c1-3-34-27(32)23-12-21(33-2)5-6-22(23)20-4-7-25(29)24(11-20)26(31)30-16-28-13-17-8-18(14-28)10-19(9-17)15-28/h4-7,11-12,17-19H,3,8-10,13-16H2,1-2H3,(H,30,31). The Bertz CT molecular complexity index is 1080. The summed E-state index contributed by atoms with van der Waals surface area (Å²) in [5.41, 5.74) is 2.47. The lowest BCUT2D eigenvalue weighted by Crippen LogP contribution is -2.51. The summed E-state index contributed by atoms with van der Waals surface area (Å²) >= 11 is 6.46. The van der Waals surface area contributed by atoms with Gasteiger partial charge in [0.15, 0.2) is 0 Å². The Hall–Kier alpha value is -2.53. The maximum absolute atomic E-state index is 13.3. The summed E-state index contributed by atoms with van der Waals surface area (Å²) in [6.07, 6.45) is 7.86. The number of esters is 1. The number of carbonyl (C=O) groups is 2. The van der Waals surface area contributed by atoms with Crippen molar-refractivity contribution in [3.05, 3.63) is 52.5 Å². The van der Waals surface area contributed by atoms with Crippen molar-refractivity contribution >= 4 is 23.5 Å². The van der Waals surface area contributed by atoms with Crippen molar-refractivity contribution in [3.63, 3.8) is 0 Å². The lowest BCUT2D eigenvalue weighted by molar-refractivity contribution is -0.0503. The molecule has 0 heterocycles. The highest BCUT2D eigenvalue weighted by molar-refractivity contribution is 6.34. The highest BCUT2D eigenvalue weighted by atomic mass is 35.5. The molecule has 0 unspecified atom stereocenters. The van der Waals surface area contributed by atoms with E-state index in [1.165, 1.54) is 38.5 Å². The number of benzene rings is 2. The molecule has 6 rings (SSSR count). The molecule has 1 amide bonds. The minimum Gasteiger partial charge on any atom is -0.497 e. The van der Waals surface area contributed by atoms with Crippen LogP contribution in [-0.4, -0.2) is 32.1 Å². The summed E-state index contributed by atoms with van der Waals surface area (Å²) in [4.78, 5) is 25.9. The molecule has 4 aliphatic rings. The van der Waals surface area contributed by atoms with Gasteiger partial charge in [-0.25, -0.2) is 4.79 Å². The normalized spacial score (nSPS) is 26.9. The maximum atomic E-state index is 13.3. The van der Waals surface area contributed by atoms with Crippen LogP contribution in [-0.2, 0) is 4.74 Å². The van der Waals surface area contributed by atoms with E-state index >= 15 is 0 Å². The van der Waals surface area contributed by atoms with Gasteiger partial charge in [0, 0.05) is 6.54 Å². The van der Waals surface area contributed by atoms with E-state index in [-0.39, 0.29) is 17.9 Å². The molecule has 180 valence electrons. The van der Waals surface area contributed by atoms with Crippen molar-refractivity contribution in [2.75, 3.05) is 20.3 Å². The SMILES string of the molecule is CCOC(=O)c1cc(OC)ccc1-c1ccc(Cl)c(C(=O)NCC23CC4CC(CC(C4)C2)C3)c1. The molecule has 2 aromatic carbocycles. The second-order valence-corrected chi connectivity index (χ2v) is 10.8. The molecule has 34 heavy (non-hydrogen) atoms. The summed E-state index contributed by atoms with van der Waals surface area (Å²) < 4.78 is 10.5. The Balaban J connectivity index is 1.38. The number of carbonyl (C=O) groups excluding carboxylic acids is 2. The first-order valence-corrected chi connectivity index (χ1v) is 12.7. The van der Waals surface area contributed by atoms with Crippen molar-refractivity contribution in [2.45, 2.75) is 45.4 Å². The number of ether oxygens (including phenoxy) is 2. The second kappa shape index (κ2) is 9.26. The number of halogens is 1. The van der Waals surface area contributed by atoms with Gasteiger partial charge >= 0.3 is 5.97 Å². The average molecular weight is 482 g/mol. The fourth-order valence-corrected chi connectivity index (χ4v) is 7.22. The molecule has 4 saturated carbocycles. The van der Waals surface area contributed by atoms with E-state index in [1.54, 1.807) is 38.3 Å². The Morgan fingerprint density at radius 3 is 2.29 bits per heavy atom. The molecule has 4 aliphatic carbocycles. The van der Waals surface area contributed by atoms with E-state index in [4.69, 9.17) is 21.1 Å². The highest BCUT2D eigenvalue weighted by Gasteiger charge is 2.50. The van der Waals surface area contributed by atoms with Crippen molar-refractivity contribution in [2.24, 2.45) is 23.2 Å². The van der Waals surface area contributed by atoms with Crippen LogP contribution in [0, 0.1) is 23.2 Å². The summed E-state index contributed by atoms with van der Waals surface area (Å²) in [7, 11) is 1.55. The van der Waals surface area contributed by atoms with Gasteiger partial charge in [0.2, 0.25) is 0 Å². The van der Waals surface area contributed by atoms with E-state index in [0.29, 0.717) is 34.0 Å². The van der Waals surface area contributed by atoms with Gasteiger partial charge in [-0.15, -0.1) is 0 Å². The number of nitrogens with one attached hydrogen (secondary N) is 1. The van der Waals surface area contributed by atoms with E-state index in [1.807, 2.05) is 12.1 Å². The minimum absolute atomic E-state index is 0.159. The smallest absolute Gasteiger partial charge is 0.338 e. The van der Waals surface area contributed by atoms with E-state index < -0.39 is 5.97 Å². The number of amides is 1. The molecule has 5 nitrogen and oxygen atoms in total. The Kier molecular flexibility index (Phi) is 6.32. The van der Waals surface area contributed by atoms with E-state index in [2.05, 4.69) is 5.32 Å². The second-order valence-electron chi connectivity index (χ2n) is 10.4. The molecule has 0 atom stereocenters. The summed E-state index contributed by atoms with van der Waals surface area (Å²) in [5.74, 6) is 2.49. The minimum atomic E-state index is -0.431. The van der Waals surface area contributed by atoms with Crippen molar-refractivity contribution in [1.82, 2.24) is 5.32 Å². The van der Waals surface area contributed by atoms with Crippen LogP contribution < -0.4 is 10.1 Å². The Morgan fingerprint density at radius 2 is 1.68 bits per heavy atom. The molecule has 6 heteroatoms. The molecular weight excluding hydrogens is 450 g/mol. The molecule has 4 bridgehead atoms. The van der Waals surface area contributed by atoms with Crippen LogP contribution in [0.3, 0.4) is 0 Å². The quantitative estimate of drug-likeness (QED) is 0.482. The average Bonchev–Trinajstić information content (AvgIpc) is 2.82. The van der Waals surface area contributed by atoms with E-state index in [0.717, 1.165) is 23.3 Å². The lowest BCUT2D eigenvalue weighted by Gasteiger charge is -2.56. The zero-order valence-corrected chi connectivity index (χ0v) is 20.6. The predicted octanol–water partition coefficient (Wildman–Crippen LogP) is 6.14. The van der Waals surface area contributed by atoms with Gasteiger partial charge < -0.3 is 14.8 Å². The molecule has 0 radical (unpaired) electrons. The van der Waals surface area contributed by atoms with Crippen LogP contribution in [0.15, 0.2) is 36.4 Å². The van der Waals surface area contributed by atoms with Crippen LogP contribution in [0.4, 0.5) is 0 Å². The number of methoxy groups -OCH3 is 1. The van der Waals surface area contributed by atoms with Crippen molar-refractivity contribution in [3.8, 4) is 16.9 Å². The third kappa shape index (κ3) is 4.43. The van der Waals surface area contributed by atoms with Crippen LogP contribution in [0.1, 0.15) is 66.2 Å². The van der Waals surface area contributed by atoms with Gasteiger partial charge in [-0.2, -0.15) is 0 Å². The molecular formula is C28H32ClNO4. The van der Waals surface area contributed by atoms with Crippen molar-refractivity contribution in [1.29, 1.82) is 0 Å². The highest BCUT2D eigenvalue weighted by Crippen LogP contribution is 2.59. The van der Waals surface area contributed by atoms with Gasteiger partial charge in [0.05, 0.1) is 29.9 Å². The Labute approximate surface area is 206 Å². The number of hydrogen-bond donors (Lipinski definition) is 1. The predicted molar refractivity (Wildman–Crippen MR) is 132 cm³/mol. The first-order valence-electron chi connectivity index (χ1n) is 12.3. The third-order valence-electron chi connectivity index (χ3n) is 8.03. The van der Waals surface area contributed by atoms with Gasteiger partial charge in [-0.05, 0) is 110 Å². The summed E-state index contributed by atoms with van der Waals surface area (Å²) in [6.45, 7) is 2.76. The topological polar surface area (TPSA) is 64.6 Å². The van der Waals surface area contributed by atoms with Gasteiger partial charge in [-0.1, -0.05) is 17.7 Å². The molecule has 0 spiro atoms.